The number of fused-ring (bicyclic) bond motifs is 1. The number of nitrogens with one attached hydrogen (secondary N) is 3. The minimum absolute atomic E-state index is 0.0322. The second-order valence-electron chi connectivity index (χ2n) is 12.3. The second kappa shape index (κ2) is 16.3. The molecule has 3 N–H and O–H groups in total. The highest BCUT2D eigenvalue weighted by Gasteiger charge is 2.32. The van der Waals surface area contributed by atoms with E-state index in [9.17, 15) is 39.2 Å². The number of rotatable bonds is 15. The first-order valence-corrected chi connectivity index (χ1v) is 17.6. The van der Waals surface area contributed by atoms with Gasteiger partial charge in [0.1, 0.15) is 28.0 Å². The average molecular weight is 744 g/mol. The fraction of sp³-hybridized carbons (Fsp3) is 0.412. The number of anilines is 2. The van der Waals surface area contributed by atoms with Gasteiger partial charge in [0.05, 0.1) is 5.52 Å². The van der Waals surface area contributed by atoms with Crippen LogP contribution in [-0.2, 0) is 16.4 Å². The van der Waals surface area contributed by atoms with Crippen LogP contribution >= 0.6 is 0 Å². The molecule has 51 heavy (non-hydrogen) atoms. The molecule has 1 aliphatic carbocycles. The van der Waals surface area contributed by atoms with Gasteiger partial charge in [0.2, 0.25) is 16.0 Å². The van der Waals surface area contributed by atoms with Crippen LogP contribution < -0.4 is 24.8 Å². The standard InChI is InChI=1S/C34H36F7N5O4S/c35-25-11-9-22(10-12-25)15-16-42-31-27-3-1-2-4-28(27)45-32(46-31)43-18-23-5-7-24(8-6-23)19-44-51(47,48)30-17-26(49-20-33(36,37)38)13-14-29(30)50-21-34(39,40)41/h1-4,9-14,17,23-24,44H,5-8,15-16,18-21H2,(H2,42,43,45,46). The third-order valence-corrected chi connectivity index (χ3v) is 9.74. The Morgan fingerprint density at radius 1 is 0.765 bits per heavy atom. The molecular weight excluding hydrogens is 707 g/mol. The molecule has 9 nitrogen and oxygen atoms in total. The summed E-state index contributed by atoms with van der Waals surface area (Å²) in [6.07, 6.45) is -6.04. The van der Waals surface area contributed by atoms with Crippen molar-refractivity contribution in [2.75, 3.05) is 43.5 Å². The van der Waals surface area contributed by atoms with Gasteiger partial charge in [0.25, 0.3) is 0 Å². The van der Waals surface area contributed by atoms with E-state index in [1.807, 2.05) is 24.3 Å². The number of hydrogen-bond donors (Lipinski definition) is 3. The lowest BCUT2D eigenvalue weighted by Crippen LogP contribution is -2.33. The Hall–Kier alpha value is -4.38. The van der Waals surface area contributed by atoms with Gasteiger partial charge in [0, 0.05) is 31.1 Å². The van der Waals surface area contributed by atoms with E-state index in [-0.39, 0.29) is 24.2 Å². The number of aromatic nitrogens is 2. The molecule has 0 saturated heterocycles. The van der Waals surface area contributed by atoms with Crippen LogP contribution in [0.5, 0.6) is 11.5 Å². The molecule has 0 unspecified atom stereocenters. The Labute approximate surface area is 290 Å². The number of para-hydroxylation sites is 1. The highest BCUT2D eigenvalue weighted by Crippen LogP contribution is 2.33. The molecule has 5 rings (SSSR count). The lowest BCUT2D eigenvalue weighted by Gasteiger charge is -2.29. The predicted octanol–water partition coefficient (Wildman–Crippen LogP) is 7.50. The summed E-state index contributed by atoms with van der Waals surface area (Å²) in [4.78, 5) is 8.57. The van der Waals surface area contributed by atoms with Crippen LogP contribution in [0.25, 0.3) is 10.9 Å². The normalized spacial score (nSPS) is 16.9. The maximum atomic E-state index is 13.3. The molecule has 0 bridgehead atoms. The van der Waals surface area contributed by atoms with E-state index < -0.39 is 52.0 Å². The van der Waals surface area contributed by atoms with Crippen LogP contribution in [0.3, 0.4) is 0 Å². The van der Waals surface area contributed by atoms with Gasteiger partial charge in [0.15, 0.2) is 13.2 Å². The smallest absolute Gasteiger partial charge is 0.422 e. The zero-order valence-electron chi connectivity index (χ0n) is 27.2. The van der Waals surface area contributed by atoms with Gasteiger partial charge < -0.3 is 20.1 Å². The largest absolute Gasteiger partial charge is 0.484 e. The zero-order valence-corrected chi connectivity index (χ0v) is 28.0. The molecule has 17 heteroatoms. The number of nitrogens with zero attached hydrogens (tertiary/aromatic N) is 2. The molecular formula is C34H36F7N5O4S. The number of sulfonamides is 1. The van der Waals surface area contributed by atoms with E-state index in [1.165, 1.54) is 12.1 Å². The third kappa shape index (κ3) is 11.6. The second-order valence-corrected chi connectivity index (χ2v) is 14.0. The van der Waals surface area contributed by atoms with Crippen molar-refractivity contribution in [2.24, 2.45) is 11.8 Å². The topological polar surface area (TPSA) is 114 Å². The monoisotopic (exact) mass is 743 g/mol. The van der Waals surface area contributed by atoms with Crippen LogP contribution in [0.2, 0.25) is 0 Å². The molecule has 0 spiro atoms. The number of hydrogen-bond acceptors (Lipinski definition) is 8. The first kappa shape index (κ1) is 37.9. The van der Waals surface area contributed by atoms with Gasteiger partial charge in [-0.15, -0.1) is 0 Å². The van der Waals surface area contributed by atoms with Crippen molar-refractivity contribution in [2.45, 2.75) is 49.4 Å². The van der Waals surface area contributed by atoms with Crippen molar-refractivity contribution in [1.82, 2.24) is 14.7 Å². The molecule has 1 aliphatic rings. The summed E-state index contributed by atoms with van der Waals surface area (Å²) < 4.78 is 128. The number of ether oxygens (including phenoxy) is 2. The van der Waals surface area contributed by atoms with Crippen LogP contribution in [0, 0.1) is 17.7 Å². The highest BCUT2D eigenvalue weighted by molar-refractivity contribution is 7.89. The van der Waals surface area contributed by atoms with Crippen LogP contribution in [-0.4, -0.2) is 63.6 Å². The molecule has 0 aliphatic heterocycles. The van der Waals surface area contributed by atoms with Gasteiger partial charge in [-0.25, -0.2) is 22.5 Å². The summed E-state index contributed by atoms with van der Waals surface area (Å²) in [7, 11) is -4.49. The van der Waals surface area contributed by atoms with Crippen molar-refractivity contribution in [3.63, 3.8) is 0 Å². The molecule has 3 aromatic carbocycles. The first-order chi connectivity index (χ1) is 24.1. The molecule has 276 valence electrons. The van der Waals surface area contributed by atoms with Crippen molar-refractivity contribution >= 4 is 32.7 Å². The lowest BCUT2D eigenvalue weighted by molar-refractivity contribution is -0.154. The van der Waals surface area contributed by atoms with E-state index in [0.29, 0.717) is 50.2 Å². The van der Waals surface area contributed by atoms with Gasteiger partial charge in [-0.1, -0.05) is 24.3 Å². The van der Waals surface area contributed by atoms with Crippen molar-refractivity contribution in [3.05, 3.63) is 78.1 Å². The zero-order chi connectivity index (χ0) is 36.6. The molecule has 4 aromatic rings. The van der Waals surface area contributed by atoms with E-state index in [4.69, 9.17) is 0 Å². The fourth-order valence-corrected chi connectivity index (χ4v) is 6.95. The summed E-state index contributed by atoms with van der Waals surface area (Å²) in [5, 5.41) is 7.52. The summed E-state index contributed by atoms with van der Waals surface area (Å²) >= 11 is 0. The molecule has 0 radical (unpaired) electrons. The minimum atomic E-state index is -4.78. The molecule has 1 saturated carbocycles. The summed E-state index contributed by atoms with van der Waals surface area (Å²) in [6.45, 7) is -2.41. The van der Waals surface area contributed by atoms with E-state index in [0.717, 1.165) is 41.4 Å². The summed E-state index contributed by atoms with van der Waals surface area (Å²) in [5.74, 6) is -0.220. The quantitative estimate of drug-likeness (QED) is 0.107. The van der Waals surface area contributed by atoms with E-state index in [2.05, 4.69) is 34.8 Å². The summed E-state index contributed by atoms with van der Waals surface area (Å²) in [5.41, 5.74) is 1.73. The minimum Gasteiger partial charge on any atom is -0.484 e. The first-order valence-electron chi connectivity index (χ1n) is 16.2. The molecule has 1 fully saturated rings. The predicted molar refractivity (Wildman–Crippen MR) is 177 cm³/mol. The molecule has 1 aromatic heterocycles. The SMILES string of the molecule is O=S(=O)(NCC1CCC(CNc2nc(NCCc3ccc(F)cc3)c3ccccc3n2)CC1)c1cc(OCC(F)(F)F)ccc1OCC(F)(F)F. The Kier molecular flexibility index (Phi) is 12.1. The number of benzene rings is 3. The highest BCUT2D eigenvalue weighted by atomic mass is 32.2. The number of alkyl halides is 6. The Balaban J connectivity index is 1.15. The Bertz CT molecular complexity index is 1870. The van der Waals surface area contributed by atoms with Crippen molar-refractivity contribution < 1.29 is 48.6 Å². The molecule has 0 atom stereocenters. The lowest BCUT2D eigenvalue weighted by atomic mass is 9.82. The Morgan fingerprint density at radius 2 is 1.41 bits per heavy atom. The van der Waals surface area contributed by atoms with Gasteiger partial charge in [-0.05, 0) is 85.9 Å². The Morgan fingerprint density at radius 3 is 2.10 bits per heavy atom. The maximum Gasteiger partial charge on any atom is 0.422 e. The van der Waals surface area contributed by atoms with E-state index >= 15 is 0 Å². The molecule has 0 amide bonds. The van der Waals surface area contributed by atoms with Crippen LogP contribution in [0.15, 0.2) is 71.6 Å². The van der Waals surface area contributed by atoms with Crippen molar-refractivity contribution in [1.29, 1.82) is 0 Å². The van der Waals surface area contributed by atoms with Crippen LogP contribution in [0.1, 0.15) is 31.2 Å². The summed E-state index contributed by atoms with van der Waals surface area (Å²) in [6, 6.07) is 16.3. The van der Waals surface area contributed by atoms with Gasteiger partial charge >= 0.3 is 12.4 Å². The van der Waals surface area contributed by atoms with Crippen molar-refractivity contribution in [3.8, 4) is 11.5 Å². The van der Waals surface area contributed by atoms with E-state index in [1.54, 1.807) is 12.1 Å². The number of halogens is 7. The fourth-order valence-electron chi connectivity index (χ4n) is 5.68. The van der Waals surface area contributed by atoms with Gasteiger partial charge in [-0.3, -0.25) is 0 Å². The van der Waals surface area contributed by atoms with Gasteiger partial charge in [-0.2, -0.15) is 31.3 Å². The van der Waals surface area contributed by atoms with Crippen LogP contribution in [0.4, 0.5) is 42.5 Å². The average Bonchev–Trinajstić information content (AvgIpc) is 3.09. The molecule has 1 heterocycles. The third-order valence-electron chi connectivity index (χ3n) is 8.30. The maximum absolute atomic E-state index is 13.3.